The highest BCUT2D eigenvalue weighted by Gasteiger charge is 2.22. The second-order valence-corrected chi connectivity index (χ2v) is 8.42. The first-order valence-corrected chi connectivity index (χ1v) is 11.0. The maximum Gasteiger partial charge on any atom is 0.233 e. The van der Waals surface area contributed by atoms with Crippen molar-refractivity contribution in [1.29, 1.82) is 0 Å². The minimum atomic E-state index is -0.710. The number of hydrogen-bond donors (Lipinski definition) is 0. The van der Waals surface area contributed by atoms with E-state index in [0.29, 0.717) is 22.9 Å². The molecule has 3 rings (SSSR count). The van der Waals surface area contributed by atoms with Crippen LogP contribution in [0.25, 0.3) is 10.2 Å². The van der Waals surface area contributed by atoms with E-state index in [-0.39, 0.29) is 30.3 Å². The molecule has 8 heteroatoms. The van der Waals surface area contributed by atoms with Gasteiger partial charge >= 0.3 is 0 Å². The molecule has 1 aromatic heterocycles. The van der Waals surface area contributed by atoms with Crippen molar-refractivity contribution in [1.82, 2.24) is 9.88 Å². The van der Waals surface area contributed by atoms with Gasteiger partial charge in [0.2, 0.25) is 5.91 Å². The summed E-state index contributed by atoms with van der Waals surface area (Å²) in [6.07, 6.45) is 0.235. The van der Waals surface area contributed by atoms with Crippen LogP contribution >= 0.6 is 23.7 Å². The molecular weight excluding hydrogens is 440 g/mol. The Bertz CT molecular complexity index is 1050. The number of carbonyl (C=O) groups excluding carboxylic acids is 1. The number of aryl methyl sites for hydroxylation is 2. The van der Waals surface area contributed by atoms with E-state index < -0.39 is 11.6 Å². The summed E-state index contributed by atoms with van der Waals surface area (Å²) >= 11 is 1.14. The van der Waals surface area contributed by atoms with Gasteiger partial charge in [0.05, 0.1) is 11.1 Å². The molecule has 1 heterocycles. The van der Waals surface area contributed by atoms with E-state index in [1.54, 1.807) is 4.90 Å². The molecule has 168 valence electrons. The molecule has 0 spiro atoms. The van der Waals surface area contributed by atoms with E-state index in [0.717, 1.165) is 47.2 Å². The smallest absolute Gasteiger partial charge is 0.233 e. The van der Waals surface area contributed by atoms with E-state index >= 15 is 0 Å². The van der Waals surface area contributed by atoms with Crippen molar-refractivity contribution in [2.24, 2.45) is 0 Å². The largest absolute Gasteiger partial charge is 0.302 e. The summed E-state index contributed by atoms with van der Waals surface area (Å²) in [5.41, 5.74) is 3.21. The summed E-state index contributed by atoms with van der Waals surface area (Å²) in [6.45, 7) is 11.0. The molecule has 0 N–H and O–H groups in total. The Kier molecular flexibility index (Phi) is 8.91. The van der Waals surface area contributed by atoms with E-state index in [2.05, 4.69) is 23.7 Å². The van der Waals surface area contributed by atoms with Crippen molar-refractivity contribution in [3.8, 4) is 0 Å². The quantitative estimate of drug-likeness (QED) is 0.437. The molecule has 0 aliphatic rings. The van der Waals surface area contributed by atoms with E-state index in [1.807, 2.05) is 32.0 Å². The molecule has 0 fully saturated rings. The first-order valence-electron chi connectivity index (χ1n) is 10.2. The second kappa shape index (κ2) is 11.0. The van der Waals surface area contributed by atoms with Crippen molar-refractivity contribution in [2.45, 2.75) is 34.1 Å². The highest BCUT2D eigenvalue weighted by Crippen LogP contribution is 2.31. The number of hydrogen-bond acceptors (Lipinski definition) is 4. The maximum absolute atomic E-state index is 14.2. The Hall–Kier alpha value is -2.09. The van der Waals surface area contributed by atoms with Gasteiger partial charge in [-0.25, -0.2) is 13.8 Å². The van der Waals surface area contributed by atoms with E-state index in [4.69, 9.17) is 0 Å². The lowest BCUT2D eigenvalue weighted by molar-refractivity contribution is -0.118. The van der Waals surface area contributed by atoms with Crippen molar-refractivity contribution < 1.29 is 13.6 Å². The first kappa shape index (κ1) is 25.2. The number of benzene rings is 2. The van der Waals surface area contributed by atoms with Crippen LogP contribution in [-0.4, -0.2) is 42.0 Å². The zero-order chi connectivity index (χ0) is 21.8. The topological polar surface area (TPSA) is 36.4 Å². The van der Waals surface area contributed by atoms with Gasteiger partial charge < -0.3 is 4.90 Å². The van der Waals surface area contributed by atoms with E-state index in [9.17, 15) is 13.6 Å². The lowest BCUT2D eigenvalue weighted by Crippen LogP contribution is -2.39. The van der Waals surface area contributed by atoms with Gasteiger partial charge in [-0.3, -0.25) is 9.69 Å². The number of likely N-dealkylation sites (N-methyl/N-ethyl adjacent to an activating group) is 1. The third kappa shape index (κ3) is 5.99. The van der Waals surface area contributed by atoms with Crippen molar-refractivity contribution in [2.75, 3.05) is 31.1 Å². The summed E-state index contributed by atoms with van der Waals surface area (Å²) in [7, 11) is 0. The van der Waals surface area contributed by atoms with Gasteiger partial charge in [0.25, 0.3) is 0 Å². The van der Waals surface area contributed by atoms with Crippen LogP contribution < -0.4 is 4.90 Å². The molecule has 0 unspecified atom stereocenters. The average molecular weight is 468 g/mol. The summed E-state index contributed by atoms with van der Waals surface area (Å²) in [5.74, 6) is -1.46. The van der Waals surface area contributed by atoms with Gasteiger partial charge in [0.1, 0.15) is 11.3 Å². The van der Waals surface area contributed by atoms with Crippen LogP contribution in [0.4, 0.5) is 13.9 Å². The molecule has 0 radical (unpaired) electrons. The fourth-order valence-electron chi connectivity index (χ4n) is 3.42. The number of carbonyl (C=O) groups is 1. The molecular formula is C23H28ClF2N3OS. The standard InChI is InChI=1S/C23H27F2N3OS.ClH/c1-5-27(6-2)9-10-28(21(29)12-17-11-15(3)7-8-16(17)4)23-26-22-19(25)13-18(24)14-20(22)30-23;/h7-8,11,13-14H,5-6,9-10,12H2,1-4H3;1H. The minimum Gasteiger partial charge on any atom is -0.302 e. The number of rotatable bonds is 8. The highest BCUT2D eigenvalue weighted by molar-refractivity contribution is 7.22. The summed E-state index contributed by atoms with van der Waals surface area (Å²) in [5, 5.41) is 0.400. The Morgan fingerprint density at radius 1 is 1.06 bits per heavy atom. The molecule has 0 saturated carbocycles. The van der Waals surface area contributed by atoms with Gasteiger partial charge in [-0.2, -0.15) is 0 Å². The molecule has 0 atom stereocenters. The van der Waals surface area contributed by atoms with Crippen molar-refractivity contribution >= 4 is 45.0 Å². The maximum atomic E-state index is 14.2. The molecule has 0 saturated heterocycles. The molecule has 0 aliphatic carbocycles. The zero-order valence-corrected chi connectivity index (χ0v) is 19.9. The lowest BCUT2D eigenvalue weighted by Gasteiger charge is -2.25. The van der Waals surface area contributed by atoms with Crippen LogP contribution in [0, 0.1) is 25.5 Å². The molecule has 2 aromatic carbocycles. The Morgan fingerprint density at radius 3 is 2.45 bits per heavy atom. The number of anilines is 1. The van der Waals surface area contributed by atoms with Crippen LogP contribution in [-0.2, 0) is 11.2 Å². The van der Waals surface area contributed by atoms with Crippen LogP contribution in [0.3, 0.4) is 0 Å². The average Bonchev–Trinajstić information content (AvgIpc) is 3.12. The highest BCUT2D eigenvalue weighted by atomic mass is 35.5. The van der Waals surface area contributed by atoms with Gasteiger partial charge in [0, 0.05) is 19.2 Å². The van der Waals surface area contributed by atoms with Gasteiger partial charge in [0.15, 0.2) is 10.9 Å². The third-order valence-electron chi connectivity index (χ3n) is 5.31. The summed E-state index contributed by atoms with van der Waals surface area (Å²) in [6, 6.07) is 8.13. The molecule has 1 amide bonds. The number of thiazole rings is 1. The molecule has 31 heavy (non-hydrogen) atoms. The monoisotopic (exact) mass is 467 g/mol. The van der Waals surface area contributed by atoms with Gasteiger partial charge in [-0.1, -0.05) is 48.9 Å². The molecule has 3 aromatic rings. The fourth-order valence-corrected chi connectivity index (χ4v) is 4.47. The normalized spacial score (nSPS) is 11.1. The summed E-state index contributed by atoms with van der Waals surface area (Å²) in [4.78, 5) is 21.5. The van der Waals surface area contributed by atoms with Crippen LogP contribution in [0.5, 0.6) is 0 Å². The number of aromatic nitrogens is 1. The molecule has 0 aliphatic heterocycles. The zero-order valence-electron chi connectivity index (χ0n) is 18.2. The molecule has 0 bridgehead atoms. The number of amides is 1. The number of nitrogens with zero attached hydrogens (tertiary/aromatic N) is 3. The summed E-state index contributed by atoms with van der Waals surface area (Å²) < 4.78 is 28.2. The Morgan fingerprint density at radius 2 is 1.77 bits per heavy atom. The second-order valence-electron chi connectivity index (χ2n) is 7.41. The van der Waals surface area contributed by atoms with Gasteiger partial charge in [-0.05, 0) is 44.1 Å². The molecule has 4 nitrogen and oxygen atoms in total. The number of halogens is 3. The lowest BCUT2D eigenvalue weighted by atomic mass is 10.0. The SMILES string of the molecule is CCN(CC)CCN(C(=O)Cc1cc(C)ccc1C)c1nc2c(F)cc(F)cc2s1.Cl. The van der Waals surface area contributed by atoms with Crippen LogP contribution in [0.1, 0.15) is 30.5 Å². The van der Waals surface area contributed by atoms with Crippen LogP contribution in [0.15, 0.2) is 30.3 Å². The predicted octanol–water partition coefficient (Wildman–Crippen LogP) is 5.53. The van der Waals surface area contributed by atoms with Crippen molar-refractivity contribution in [3.05, 3.63) is 58.7 Å². The Balaban J connectivity index is 0.00000341. The number of fused-ring (bicyclic) bond motifs is 1. The third-order valence-corrected chi connectivity index (χ3v) is 6.34. The van der Waals surface area contributed by atoms with Crippen molar-refractivity contribution in [3.63, 3.8) is 0 Å². The van der Waals surface area contributed by atoms with E-state index in [1.165, 1.54) is 6.07 Å². The predicted molar refractivity (Wildman–Crippen MR) is 127 cm³/mol. The minimum absolute atomic E-state index is 0. The van der Waals surface area contributed by atoms with Crippen LogP contribution in [0.2, 0.25) is 0 Å². The van der Waals surface area contributed by atoms with Gasteiger partial charge in [-0.15, -0.1) is 12.4 Å². The fraction of sp³-hybridized carbons (Fsp3) is 0.391. The first-order chi connectivity index (χ1) is 14.3. The Labute approximate surface area is 192 Å².